The number of nitrogens with one attached hydrogen (secondary N) is 12. The number of aliphatic imine (C=N–C) groups is 2. The number of unbranched alkanes of at least 4 members (excludes halogenated alkanes) is 2. The molecule has 30 nitrogen and oxygen atoms in total. The Bertz CT molecular complexity index is 3840. The summed E-state index contributed by atoms with van der Waals surface area (Å²) in [7, 11) is 0. The monoisotopic (exact) mass is 1530 g/mol. The minimum Gasteiger partial charge on any atom is -0.508 e. The number of aliphatic hydroxyl groups excluding tert-OH is 1. The van der Waals surface area contributed by atoms with E-state index in [1.54, 1.807) is 36.4 Å². The number of phenols is 1. The van der Waals surface area contributed by atoms with Crippen LogP contribution in [0, 0.1) is 5.92 Å². The zero-order valence-corrected chi connectivity index (χ0v) is 64.2. The van der Waals surface area contributed by atoms with Crippen molar-refractivity contribution in [2.24, 2.45) is 27.4 Å². The molecule has 31 heteroatoms. The molecule has 10 atom stereocenters. The lowest BCUT2D eigenvalue weighted by molar-refractivity contribution is -0.142. The number of primary amides is 1. The van der Waals surface area contributed by atoms with Crippen LogP contribution in [-0.4, -0.2) is 204 Å². The molecule has 1 aliphatic heterocycles. The van der Waals surface area contributed by atoms with Crippen LogP contribution in [0.5, 0.6) is 5.75 Å². The molecule has 0 unspecified atom stereocenters. The first-order chi connectivity index (χ1) is 52.3. The van der Waals surface area contributed by atoms with E-state index in [0.29, 0.717) is 105 Å². The number of pyridine rings is 1. The summed E-state index contributed by atoms with van der Waals surface area (Å²) in [5.41, 5.74) is 14.3. The van der Waals surface area contributed by atoms with Crippen molar-refractivity contribution in [2.45, 2.75) is 192 Å². The Morgan fingerprint density at radius 3 is 1.53 bits per heavy atom. The molecule has 0 aliphatic carbocycles. The van der Waals surface area contributed by atoms with E-state index in [1.807, 2.05) is 84.0 Å². The van der Waals surface area contributed by atoms with Gasteiger partial charge in [-0.2, -0.15) is 0 Å². The summed E-state index contributed by atoms with van der Waals surface area (Å²) in [5, 5.41) is 58.3. The van der Waals surface area contributed by atoms with Gasteiger partial charge in [0.15, 0.2) is 11.9 Å². The van der Waals surface area contributed by atoms with Crippen molar-refractivity contribution in [3.63, 3.8) is 0 Å². The standard InChI is InChI=1S/C78H111ClN18O12/c1-8-83-77(84-9-2)87-37-16-14-23-59(69(102)93-61(40-48(5)6)70(103)91-60(24-15-17-38-88-78(85-10-3)86-11-4)76(109)97-39-19-25-66(97)75(108)89-49(7)67(81)100)90-71(104)63(44-51-29-34-57(99)35-30-51)95-74(107)65(47-98)96-73(106)64(45-53-20-18-36-82-46-53)94-72(105)62(43-50-27-32-56(79)33-28-50)92-68(101)58(80)42-52-26-31-54-21-12-13-22-55(54)41-52/h12-13,18,20-22,26-36,41,46,48-49,58-66,98-99H,8-11,14-17,19,23-25,37-40,42-45,47,80H2,1-7H3,(H2,81,100)(H,89,108)(H,90,104)(H,91,103)(H,92,101)(H,93,102)(H,94,105)(H,95,107)(H,96,106)(H2,83,84,87)(H2,85,86,88)/t49-,58-,59-,60+,61+,62-,63+,64-,65+,66+/m1/s1. The highest BCUT2D eigenvalue weighted by Gasteiger charge is 2.40. The average Bonchev–Trinajstić information content (AvgIpc) is 1.82. The van der Waals surface area contributed by atoms with Crippen LogP contribution < -0.4 is 75.3 Å². The maximum atomic E-state index is 15.2. The van der Waals surface area contributed by atoms with E-state index in [9.17, 15) is 48.6 Å². The number of benzene rings is 4. The molecule has 0 saturated carbocycles. The Kier molecular flexibility index (Phi) is 36.9. The number of likely N-dealkylation sites (tertiary alicyclic amines) is 1. The lowest BCUT2D eigenvalue weighted by Crippen LogP contribution is -2.61. The van der Waals surface area contributed by atoms with Crippen molar-refractivity contribution >= 4 is 93.4 Å². The van der Waals surface area contributed by atoms with Gasteiger partial charge in [0.1, 0.15) is 60.1 Å². The topological polar surface area (TPSA) is 448 Å². The van der Waals surface area contributed by atoms with E-state index >= 15 is 9.59 Å². The van der Waals surface area contributed by atoms with E-state index in [-0.39, 0.29) is 69.6 Å². The van der Waals surface area contributed by atoms with Gasteiger partial charge >= 0.3 is 0 Å². The molecular formula is C78H111ClN18O12. The third-order valence-corrected chi connectivity index (χ3v) is 18.4. The summed E-state index contributed by atoms with van der Waals surface area (Å²) >= 11 is 6.24. The van der Waals surface area contributed by atoms with E-state index in [1.165, 1.54) is 48.5 Å². The number of phenolic OH excluding ortho intramolecular Hbond substituents is 1. The molecule has 109 heavy (non-hydrogen) atoms. The van der Waals surface area contributed by atoms with Crippen LogP contribution in [-0.2, 0) is 73.6 Å². The first-order valence-electron chi connectivity index (χ1n) is 37.7. The number of amides is 10. The minimum absolute atomic E-state index is 0.0257. The maximum Gasteiger partial charge on any atom is 0.245 e. The molecular weight excluding hydrogens is 1420 g/mol. The molecule has 0 radical (unpaired) electrons. The molecule has 592 valence electrons. The van der Waals surface area contributed by atoms with Gasteiger partial charge in [-0.3, -0.25) is 62.9 Å². The van der Waals surface area contributed by atoms with Crippen molar-refractivity contribution in [1.29, 1.82) is 0 Å². The van der Waals surface area contributed by atoms with Gasteiger partial charge in [-0.05, 0) is 168 Å². The van der Waals surface area contributed by atoms with Gasteiger partial charge in [0, 0.05) is 82.5 Å². The zero-order chi connectivity index (χ0) is 79.4. The Hall–Kier alpha value is -10.5. The summed E-state index contributed by atoms with van der Waals surface area (Å²) in [5.74, 6) is -6.98. The third kappa shape index (κ3) is 29.6. The van der Waals surface area contributed by atoms with Gasteiger partial charge in [0.25, 0.3) is 0 Å². The summed E-state index contributed by atoms with van der Waals surface area (Å²) in [6.45, 7) is 15.1. The number of guanidine groups is 2. The van der Waals surface area contributed by atoms with Gasteiger partial charge in [0.2, 0.25) is 59.1 Å². The largest absolute Gasteiger partial charge is 0.508 e. The van der Waals surface area contributed by atoms with Crippen molar-refractivity contribution in [2.75, 3.05) is 52.4 Å². The Morgan fingerprint density at radius 2 is 1.00 bits per heavy atom. The number of aromatic hydroxyl groups is 1. The van der Waals surface area contributed by atoms with E-state index in [4.69, 9.17) is 23.1 Å². The molecule has 1 saturated heterocycles. The third-order valence-electron chi connectivity index (χ3n) is 18.1. The molecule has 2 heterocycles. The Morgan fingerprint density at radius 1 is 0.532 bits per heavy atom. The van der Waals surface area contributed by atoms with Gasteiger partial charge < -0.3 is 90.4 Å². The smallest absolute Gasteiger partial charge is 0.245 e. The molecule has 0 bridgehead atoms. The normalized spacial score (nSPS) is 15.0. The number of rotatable bonds is 43. The summed E-state index contributed by atoms with van der Waals surface area (Å²) in [4.78, 5) is 159. The highest BCUT2D eigenvalue weighted by molar-refractivity contribution is 6.30. The lowest BCUT2D eigenvalue weighted by Gasteiger charge is -2.31. The number of hydrogen-bond donors (Lipinski definition) is 16. The molecule has 1 aromatic heterocycles. The molecule has 1 aliphatic rings. The van der Waals surface area contributed by atoms with Gasteiger partial charge in [-0.1, -0.05) is 98.2 Å². The minimum atomic E-state index is -1.79. The molecule has 1 fully saturated rings. The molecule has 5 aromatic rings. The van der Waals surface area contributed by atoms with Crippen LogP contribution in [0.1, 0.15) is 129 Å². The number of fused-ring (bicyclic) bond motifs is 1. The van der Waals surface area contributed by atoms with Gasteiger partial charge in [-0.15, -0.1) is 0 Å². The van der Waals surface area contributed by atoms with Crippen molar-refractivity contribution in [3.8, 4) is 5.75 Å². The van der Waals surface area contributed by atoms with Crippen molar-refractivity contribution < 1.29 is 58.2 Å². The van der Waals surface area contributed by atoms with Gasteiger partial charge in [-0.25, -0.2) is 0 Å². The second-order valence-electron chi connectivity index (χ2n) is 27.4. The number of aliphatic hydroxyl groups is 1. The number of carbonyl (C=O) groups excluding carboxylic acids is 10. The van der Waals surface area contributed by atoms with Crippen molar-refractivity contribution in [3.05, 3.63) is 143 Å². The molecule has 10 amide bonds. The predicted octanol–water partition coefficient (Wildman–Crippen LogP) is 2.10. The van der Waals surface area contributed by atoms with Crippen LogP contribution >= 0.6 is 11.6 Å². The highest BCUT2D eigenvalue weighted by atomic mass is 35.5. The van der Waals surface area contributed by atoms with Crippen LogP contribution in [0.3, 0.4) is 0 Å². The Labute approximate surface area is 642 Å². The first kappa shape index (κ1) is 87.5. The fourth-order valence-corrected chi connectivity index (χ4v) is 12.5. The SMILES string of the molecule is CCNC(=NCCCC[C@H](NC(=O)[C@H](CC(C)C)NC(=O)[C@@H](CCCCN=C(NCC)NCC)NC(=O)[C@H](Cc1ccc(O)cc1)NC(=O)[C@H](CO)NC(=O)[C@@H](Cc1cccnc1)NC(=O)[C@@H](Cc1ccc(Cl)cc1)NC(=O)[C@H](N)Cc1ccc2ccccc2c1)C(=O)N1CCC[C@H]1C(=O)N[C@H](C)C(N)=O)NCC. The van der Waals surface area contributed by atoms with Crippen LogP contribution in [0.25, 0.3) is 10.8 Å². The van der Waals surface area contributed by atoms with Crippen LogP contribution in [0.15, 0.2) is 126 Å². The summed E-state index contributed by atoms with van der Waals surface area (Å²) in [6.07, 6.45) is 5.05. The second kappa shape index (κ2) is 46.0. The van der Waals surface area contributed by atoms with Crippen LogP contribution in [0.2, 0.25) is 5.02 Å². The number of nitrogens with zero attached hydrogens (tertiary/aromatic N) is 4. The molecule has 4 aromatic carbocycles. The van der Waals surface area contributed by atoms with E-state index < -0.39 is 126 Å². The lowest BCUT2D eigenvalue weighted by atomic mass is 10.00. The van der Waals surface area contributed by atoms with E-state index in [0.717, 1.165) is 16.3 Å². The zero-order valence-electron chi connectivity index (χ0n) is 63.5. The number of halogens is 1. The van der Waals surface area contributed by atoms with Gasteiger partial charge in [0.05, 0.1) is 12.6 Å². The molecule has 0 spiro atoms. The fourth-order valence-electron chi connectivity index (χ4n) is 12.4. The highest BCUT2D eigenvalue weighted by Crippen LogP contribution is 2.23. The van der Waals surface area contributed by atoms with Crippen molar-refractivity contribution in [1.82, 2.24) is 73.7 Å². The van der Waals surface area contributed by atoms with E-state index in [2.05, 4.69) is 78.8 Å². The number of hydrogen-bond acceptors (Lipinski definition) is 16. The van der Waals surface area contributed by atoms with Crippen LogP contribution in [0.4, 0.5) is 0 Å². The predicted molar refractivity (Wildman–Crippen MR) is 419 cm³/mol. The molecule has 6 rings (SSSR count). The number of nitrogens with two attached hydrogens (primary N) is 2. The molecule has 18 N–H and O–H groups in total. The Balaban J connectivity index is 1.27. The average molecular weight is 1530 g/mol. The summed E-state index contributed by atoms with van der Waals surface area (Å²) < 4.78 is 0. The number of aromatic nitrogens is 1. The second-order valence-corrected chi connectivity index (χ2v) is 27.8. The maximum absolute atomic E-state index is 15.2. The first-order valence-corrected chi connectivity index (χ1v) is 38.0. The number of carbonyl (C=O) groups is 10. The fraction of sp³-hybridized carbons (Fsp3) is 0.500. The quantitative estimate of drug-likeness (QED) is 0.0151. The summed E-state index contributed by atoms with van der Waals surface area (Å²) in [6, 6.07) is 15.9.